The van der Waals surface area contributed by atoms with Crippen LogP contribution in [-0.2, 0) is 6.54 Å². The summed E-state index contributed by atoms with van der Waals surface area (Å²) in [5.41, 5.74) is 0.984. The second kappa shape index (κ2) is 4.32. The molecule has 2 aromatic heterocycles. The second-order valence-corrected chi connectivity index (χ2v) is 2.77. The van der Waals surface area contributed by atoms with Gasteiger partial charge < -0.3 is 5.32 Å². The molecule has 0 saturated carbocycles. The quantitative estimate of drug-likeness (QED) is 0.788. The molecule has 0 aromatic carbocycles. The van der Waals surface area contributed by atoms with E-state index in [0.29, 0.717) is 6.54 Å². The summed E-state index contributed by atoms with van der Waals surface area (Å²) >= 11 is 0. The zero-order valence-corrected chi connectivity index (χ0v) is 7.59. The van der Waals surface area contributed by atoms with Crippen LogP contribution in [0, 0.1) is 0 Å². The van der Waals surface area contributed by atoms with E-state index in [1.807, 2.05) is 18.2 Å². The van der Waals surface area contributed by atoms with Crippen molar-refractivity contribution >= 4 is 5.82 Å². The van der Waals surface area contributed by atoms with E-state index in [9.17, 15) is 0 Å². The van der Waals surface area contributed by atoms with Gasteiger partial charge in [-0.15, -0.1) is 0 Å². The van der Waals surface area contributed by atoms with Crippen molar-refractivity contribution in [3.05, 3.63) is 48.7 Å². The van der Waals surface area contributed by atoms with Gasteiger partial charge in [-0.25, -0.2) is 4.98 Å². The van der Waals surface area contributed by atoms with E-state index in [1.165, 1.54) is 0 Å². The normalized spacial score (nSPS) is 9.71. The van der Waals surface area contributed by atoms with Crippen molar-refractivity contribution in [2.45, 2.75) is 6.54 Å². The number of rotatable bonds is 3. The van der Waals surface area contributed by atoms with E-state index in [1.54, 1.807) is 24.8 Å². The topological polar surface area (TPSA) is 50.7 Å². The van der Waals surface area contributed by atoms with Crippen LogP contribution in [0.25, 0.3) is 0 Å². The minimum atomic E-state index is 0.666. The van der Waals surface area contributed by atoms with E-state index >= 15 is 0 Å². The van der Waals surface area contributed by atoms with Crippen LogP contribution >= 0.6 is 0 Å². The molecule has 70 valence electrons. The van der Waals surface area contributed by atoms with Crippen molar-refractivity contribution in [2.24, 2.45) is 0 Å². The van der Waals surface area contributed by atoms with E-state index in [-0.39, 0.29) is 0 Å². The Hall–Kier alpha value is -1.97. The molecule has 0 fully saturated rings. The van der Waals surface area contributed by atoms with Crippen molar-refractivity contribution in [1.82, 2.24) is 15.0 Å². The van der Waals surface area contributed by atoms with Crippen molar-refractivity contribution < 1.29 is 0 Å². The highest BCUT2D eigenvalue weighted by atomic mass is 15.0. The Labute approximate surface area is 82.1 Å². The standard InChI is InChI=1S/C10H10N4/c1-2-4-12-9(3-1)7-14-10-8-11-5-6-13-10/h1-6,8H,7H2,(H,13,14). The summed E-state index contributed by atoms with van der Waals surface area (Å²) in [5, 5.41) is 3.12. The fourth-order valence-corrected chi connectivity index (χ4v) is 1.07. The van der Waals surface area contributed by atoms with Gasteiger partial charge in [0.15, 0.2) is 0 Å². The molecule has 0 aliphatic carbocycles. The molecule has 1 N–H and O–H groups in total. The summed E-state index contributed by atoms with van der Waals surface area (Å²) in [4.78, 5) is 12.2. The third-order valence-electron chi connectivity index (χ3n) is 1.74. The van der Waals surface area contributed by atoms with Crippen molar-refractivity contribution in [3.63, 3.8) is 0 Å². The molecular formula is C10H10N4. The van der Waals surface area contributed by atoms with Gasteiger partial charge in [-0.1, -0.05) is 6.07 Å². The smallest absolute Gasteiger partial charge is 0.144 e. The zero-order chi connectivity index (χ0) is 9.64. The van der Waals surface area contributed by atoms with E-state index in [0.717, 1.165) is 11.5 Å². The van der Waals surface area contributed by atoms with Gasteiger partial charge in [0.25, 0.3) is 0 Å². The third-order valence-corrected chi connectivity index (χ3v) is 1.74. The first-order chi connectivity index (χ1) is 6.95. The van der Waals surface area contributed by atoms with Crippen molar-refractivity contribution in [2.75, 3.05) is 5.32 Å². The molecule has 4 heteroatoms. The van der Waals surface area contributed by atoms with Crippen LogP contribution in [0.4, 0.5) is 5.82 Å². The molecule has 2 rings (SSSR count). The third kappa shape index (κ3) is 2.26. The zero-order valence-electron chi connectivity index (χ0n) is 7.59. The number of pyridine rings is 1. The first-order valence-electron chi connectivity index (χ1n) is 4.35. The Morgan fingerprint density at radius 2 is 2.07 bits per heavy atom. The van der Waals surface area contributed by atoms with Gasteiger partial charge in [-0.3, -0.25) is 9.97 Å². The minimum absolute atomic E-state index is 0.666. The Morgan fingerprint density at radius 1 is 1.07 bits per heavy atom. The van der Waals surface area contributed by atoms with Crippen molar-refractivity contribution in [1.29, 1.82) is 0 Å². The number of nitrogens with one attached hydrogen (secondary N) is 1. The molecule has 0 aliphatic heterocycles. The lowest BCUT2D eigenvalue weighted by Crippen LogP contribution is -2.02. The monoisotopic (exact) mass is 186 g/mol. The maximum atomic E-state index is 4.18. The average Bonchev–Trinajstić information content (AvgIpc) is 2.29. The lowest BCUT2D eigenvalue weighted by molar-refractivity contribution is 1.02. The maximum Gasteiger partial charge on any atom is 0.144 e. The Balaban J connectivity index is 1.96. The molecule has 0 amide bonds. The Kier molecular flexibility index (Phi) is 2.66. The molecule has 4 nitrogen and oxygen atoms in total. The van der Waals surface area contributed by atoms with Gasteiger partial charge in [0.05, 0.1) is 18.4 Å². The van der Waals surface area contributed by atoms with Crippen LogP contribution in [-0.4, -0.2) is 15.0 Å². The number of hydrogen-bond acceptors (Lipinski definition) is 4. The fraction of sp³-hybridized carbons (Fsp3) is 0.100. The number of nitrogens with zero attached hydrogens (tertiary/aromatic N) is 3. The first kappa shape index (κ1) is 8.62. The summed E-state index contributed by atoms with van der Waals surface area (Å²) in [6, 6.07) is 5.82. The maximum absolute atomic E-state index is 4.18. The lowest BCUT2D eigenvalue weighted by atomic mass is 10.3. The summed E-state index contributed by atoms with van der Waals surface area (Å²) < 4.78 is 0. The van der Waals surface area contributed by atoms with Crippen LogP contribution in [0.2, 0.25) is 0 Å². The first-order valence-corrected chi connectivity index (χ1v) is 4.35. The molecule has 0 bridgehead atoms. The molecular weight excluding hydrogens is 176 g/mol. The largest absolute Gasteiger partial charge is 0.363 e. The summed E-state index contributed by atoms with van der Waals surface area (Å²) in [6.45, 7) is 0.666. The minimum Gasteiger partial charge on any atom is -0.363 e. The van der Waals surface area contributed by atoms with Crippen LogP contribution in [0.5, 0.6) is 0 Å². The van der Waals surface area contributed by atoms with Crippen LogP contribution < -0.4 is 5.32 Å². The van der Waals surface area contributed by atoms with E-state index in [4.69, 9.17) is 0 Å². The molecule has 2 aromatic rings. The average molecular weight is 186 g/mol. The molecule has 0 radical (unpaired) electrons. The van der Waals surface area contributed by atoms with Gasteiger partial charge in [-0.2, -0.15) is 0 Å². The highest BCUT2D eigenvalue weighted by Crippen LogP contribution is 2.00. The molecule has 0 aliphatic rings. The van der Waals surface area contributed by atoms with Gasteiger partial charge in [-0.05, 0) is 12.1 Å². The molecule has 0 spiro atoms. The number of hydrogen-bond donors (Lipinski definition) is 1. The lowest BCUT2D eigenvalue weighted by Gasteiger charge is -2.02. The van der Waals surface area contributed by atoms with Crippen LogP contribution in [0.15, 0.2) is 43.0 Å². The summed E-state index contributed by atoms with van der Waals surface area (Å²) in [6.07, 6.45) is 6.75. The highest BCUT2D eigenvalue weighted by Gasteiger charge is 1.93. The second-order valence-electron chi connectivity index (χ2n) is 2.77. The highest BCUT2D eigenvalue weighted by molar-refractivity contribution is 5.30. The SMILES string of the molecule is c1ccc(CNc2cnccn2)nc1. The number of aromatic nitrogens is 3. The van der Waals surface area contributed by atoms with Gasteiger partial charge in [0, 0.05) is 18.6 Å². The van der Waals surface area contributed by atoms with Crippen LogP contribution in [0.3, 0.4) is 0 Å². The summed E-state index contributed by atoms with van der Waals surface area (Å²) in [5.74, 6) is 0.762. The molecule has 2 heterocycles. The Bertz CT molecular complexity index is 334. The molecule has 0 atom stereocenters. The van der Waals surface area contributed by atoms with Gasteiger partial charge in [0.1, 0.15) is 5.82 Å². The molecule has 14 heavy (non-hydrogen) atoms. The number of anilines is 1. The van der Waals surface area contributed by atoms with Gasteiger partial charge >= 0.3 is 0 Å². The predicted octanol–water partition coefficient (Wildman–Crippen LogP) is 1.48. The molecule has 0 unspecified atom stereocenters. The van der Waals surface area contributed by atoms with E-state index in [2.05, 4.69) is 20.3 Å². The summed E-state index contributed by atoms with van der Waals surface area (Å²) in [7, 11) is 0. The van der Waals surface area contributed by atoms with Crippen molar-refractivity contribution in [3.8, 4) is 0 Å². The van der Waals surface area contributed by atoms with Crippen LogP contribution in [0.1, 0.15) is 5.69 Å². The predicted molar refractivity (Wildman–Crippen MR) is 53.6 cm³/mol. The van der Waals surface area contributed by atoms with Gasteiger partial charge in [0.2, 0.25) is 0 Å². The fourth-order valence-electron chi connectivity index (χ4n) is 1.07. The van der Waals surface area contributed by atoms with E-state index < -0.39 is 0 Å². The molecule has 0 saturated heterocycles. The Morgan fingerprint density at radius 3 is 2.79 bits per heavy atom.